The third-order valence-corrected chi connectivity index (χ3v) is 8.83. The van der Waals surface area contributed by atoms with Crippen LogP contribution in [0.15, 0.2) is 47.2 Å². The molecule has 0 N–H and O–H groups in total. The van der Waals surface area contributed by atoms with Crippen molar-refractivity contribution in [3.05, 3.63) is 63.4 Å². The van der Waals surface area contributed by atoms with Crippen molar-refractivity contribution in [1.82, 2.24) is 14.2 Å². The van der Waals surface area contributed by atoms with Crippen molar-refractivity contribution >= 4 is 50.2 Å². The highest BCUT2D eigenvalue weighted by atomic mass is 35.5. The minimum Gasteiger partial charge on any atom is -0.338 e. The maximum Gasteiger partial charge on any atom is 0.255 e. The Morgan fingerprint density at radius 2 is 1.94 bits per heavy atom. The van der Waals surface area contributed by atoms with Crippen LogP contribution in [0.4, 0.5) is 0 Å². The molecular formula is C21H22ClN3O3S3. The van der Waals surface area contributed by atoms with Gasteiger partial charge in [-0.05, 0) is 36.4 Å². The quantitative estimate of drug-likeness (QED) is 0.501. The van der Waals surface area contributed by atoms with E-state index in [1.807, 2.05) is 22.9 Å². The summed E-state index contributed by atoms with van der Waals surface area (Å²) in [5, 5.41) is 5.25. The largest absolute Gasteiger partial charge is 0.338 e. The van der Waals surface area contributed by atoms with Gasteiger partial charge in [0.15, 0.2) is 0 Å². The summed E-state index contributed by atoms with van der Waals surface area (Å²) in [6.45, 7) is 1.21. The normalized spacial score (nSPS) is 15.5. The molecule has 0 atom stereocenters. The summed E-state index contributed by atoms with van der Waals surface area (Å²) in [6.07, 6.45) is 2.39. The maximum atomic E-state index is 12.8. The number of carbonyl (C=O) groups excluding carboxylic acids is 1. The molecule has 2 aromatic heterocycles. The van der Waals surface area contributed by atoms with Crippen LogP contribution in [0.25, 0.3) is 9.88 Å². The molecule has 3 heterocycles. The minimum absolute atomic E-state index is 0.116. The second-order valence-corrected chi connectivity index (χ2v) is 11.6. The summed E-state index contributed by atoms with van der Waals surface area (Å²) in [4.78, 5) is 20.3. The van der Waals surface area contributed by atoms with Crippen LogP contribution in [-0.2, 0) is 16.6 Å². The fraction of sp³-hybridized carbons (Fsp3) is 0.333. The van der Waals surface area contributed by atoms with Crippen LogP contribution >= 0.6 is 34.3 Å². The van der Waals surface area contributed by atoms with Gasteiger partial charge in [-0.3, -0.25) is 4.79 Å². The van der Waals surface area contributed by atoms with Crippen LogP contribution in [0.3, 0.4) is 0 Å². The smallest absolute Gasteiger partial charge is 0.255 e. The summed E-state index contributed by atoms with van der Waals surface area (Å²) < 4.78 is 26.6. The molecule has 4 rings (SSSR count). The molecule has 3 aromatic rings. The van der Waals surface area contributed by atoms with Gasteiger partial charge in [-0.25, -0.2) is 13.4 Å². The third-order valence-electron chi connectivity index (χ3n) is 5.29. The predicted molar refractivity (Wildman–Crippen MR) is 126 cm³/mol. The minimum atomic E-state index is -3.43. The summed E-state index contributed by atoms with van der Waals surface area (Å²) >= 11 is 9.30. The Kier molecular flexibility index (Phi) is 6.78. The van der Waals surface area contributed by atoms with E-state index in [1.165, 1.54) is 21.9 Å². The van der Waals surface area contributed by atoms with Gasteiger partial charge in [-0.15, -0.1) is 22.7 Å². The number of benzene rings is 1. The van der Waals surface area contributed by atoms with Crippen molar-refractivity contribution in [3.63, 3.8) is 0 Å². The number of hydrogen-bond donors (Lipinski definition) is 0. The lowest BCUT2D eigenvalue weighted by Gasteiger charge is -2.37. The maximum absolute atomic E-state index is 12.8. The lowest BCUT2D eigenvalue weighted by molar-refractivity contribution is 0.0676. The number of piperidine rings is 1. The van der Waals surface area contributed by atoms with E-state index in [2.05, 4.69) is 4.98 Å². The average Bonchev–Trinajstić information content (AvgIpc) is 3.43. The number of carbonyl (C=O) groups is 1. The summed E-state index contributed by atoms with van der Waals surface area (Å²) in [7, 11) is -3.43. The van der Waals surface area contributed by atoms with Crippen LogP contribution in [0, 0.1) is 0 Å². The van der Waals surface area contributed by atoms with Crippen LogP contribution in [0.5, 0.6) is 0 Å². The average molecular weight is 496 g/mol. The topological polar surface area (TPSA) is 70.6 Å². The van der Waals surface area contributed by atoms with Crippen molar-refractivity contribution in [1.29, 1.82) is 0 Å². The number of rotatable bonds is 6. The second-order valence-electron chi connectivity index (χ2n) is 7.43. The number of likely N-dealkylation sites (tertiary alicyclic amines) is 1. The Balaban J connectivity index is 1.44. The molecule has 10 heteroatoms. The molecule has 1 aliphatic rings. The standard InChI is InChI=1S/C21H22ClN3O3S3/c1-31(27,28)25(13-15-14-30-20(23-15)19-7-4-12-29-19)16-8-10-24(11-9-16)21(26)17-5-2-3-6-18(17)22/h2-7,12,14,16H,8-11,13H2,1H3. The van der Waals surface area contributed by atoms with Gasteiger partial charge >= 0.3 is 0 Å². The Labute approximate surface area is 195 Å². The Hall–Kier alpha value is -1.78. The van der Waals surface area contributed by atoms with Crippen molar-refractivity contribution < 1.29 is 13.2 Å². The van der Waals surface area contributed by atoms with E-state index < -0.39 is 10.0 Å². The van der Waals surface area contributed by atoms with Crippen LogP contribution in [-0.4, -0.2) is 53.9 Å². The van der Waals surface area contributed by atoms with E-state index in [4.69, 9.17) is 11.6 Å². The van der Waals surface area contributed by atoms with Crippen LogP contribution < -0.4 is 0 Å². The first-order valence-corrected chi connectivity index (χ1v) is 13.8. The molecule has 31 heavy (non-hydrogen) atoms. The van der Waals surface area contributed by atoms with Crippen molar-refractivity contribution in [2.45, 2.75) is 25.4 Å². The van der Waals surface area contributed by atoms with E-state index in [0.29, 0.717) is 36.5 Å². The number of amides is 1. The highest BCUT2D eigenvalue weighted by Gasteiger charge is 2.32. The molecule has 6 nitrogen and oxygen atoms in total. The zero-order valence-corrected chi connectivity index (χ0v) is 20.1. The monoisotopic (exact) mass is 495 g/mol. The van der Waals surface area contributed by atoms with Gasteiger partial charge in [0, 0.05) is 24.5 Å². The molecule has 1 saturated heterocycles. The number of aromatic nitrogens is 1. The Morgan fingerprint density at radius 3 is 2.58 bits per heavy atom. The Bertz CT molecular complexity index is 1150. The van der Waals surface area contributed by atoms with E-state index in [-0.39, 0.29) is 18.5 Å². The molecule has 0 bridgehead atoms. The SMILES string of the molecule is CS(=O)(=O)N(Cc1csc(-c2cccs2)n1)C1CCN(C(=O)c2ccccc2Cl)CC1. The van der Waals surface area contributed by atoms with E-state index >= 15 is 0 Å². The van der Waals surface area contributed by atoms with E-state index in [9.17, 15) is 13.2 Å². The van der Waals surface area contributed by atoms with Gasteiger partial charge in [0.2, 0.25) is 10.0 Å². The van der Waals surface area contributed by atoms with Crippen LogP contribution in [0.1, 0.15) is 28.9 Å². The van der Waals surface area contributed by atoms with Gasteiger partial charge in [0.1, 0.15) is 5.01 Å². The fourth-order valence-corrected chi connectivity index (χ4v) is 6.69. The van der Waals surface area contributed by atoms with Gasteiger partial charge in [-0.2, -0.15) is 4.31 Å². The predicted octanol–water partition coefficient (Wildman–Crippen LogP) is 4.59. The van der Waals surface area contributed by atoms with Gasteiger partial charge in [0.05, 0.1) is 34.0 Å². The van der Waals surface area contributed by atoms with Crippen molar-refractivity contribution in [2.24, 2.45) is 0 Å². The second kappa shape index (κ2) is 9.38. The molecule has 0 spiro atoms. The fourth-order valence-electron chi connectivity index (χ4n) is 3.73. The molecule has 1 fully saturated rings. The number of thiophene rings is 1. The first-order valence-electron chi connectivity index (χ1n) is 9.82. The molecular weight excluding hydrogens is 474 g/mol. The number of thiazole rings is 1. The third kappa shape index (κ3) is 5.18. The van der Waals surface area contributed by atoms with Gasteiger partial charge < -0.3 is 4.90 Å². The molecule has 1 aromatic carbocycles. The molecule has 0 unspecified atom stereocenters. The van der Waals surface area contributed by atoms with Crippen molar-refractivity contribution in [3.8, 4) is 9.88 Å². The Morgan fingerprint density at radius 1 is 1.19 bits per heavy atom. The molecule has 0 aliphatic carbocycles. The van der Waals surface area contributed by atoms with Gasteiger partial charge in [0.25, 0.3) is 5.91 Å². The molecule has 0 radical (unpaired) electrons. The number of nitrogens with zero attached hydrogens (tertiary/aromatic N) is 3. The number of halogens is 1. The summed E-state index contributed by atoms with van der Waals surface area (Å²) in [6, 6.07) is 10.8. The number of sulfonamides is 1. The first-order chi connectivity index (χ1) is 14.8. The lowest BCUT2D eigenvalue weighted by Crippen LogP contribution is -2.48. The summed E-state index contributed by atoms with van der Waals surface area (Å²) in [5.41, 5.74) is 1.22. The van der Waals surface area contributed by atoms with Crippen LogP contribution in [0.2, 0.25) is 5.02 Å². The first kappa shape index (κ1) is 22.4. The zero-order chi connectivity index (χ0) is 22.0. The highest BCUT2D eigenvalue weighted by molar-refractivity contribution is 7.88. The molecule has 0 saturated carbocycles. The zero-order valence-electron chi connectivity index (χ0n) is 16.9. The highest BCUT2D eigenvalue weighted by Crippen LogP contribution is 2.30. The molecule has 1 aliphatic heterocycles. The van der Waals surface area contributed by atoms with E-state index in [0.717, 1.165) is 15.6 Å². The summed E-state index contributed by atoms with van der Waals surface area (Å²) in [5.74, 6) is -0.116. The van der Waals surface area contributed by atoms with E-state index in [1.54, 1.807) is 40.5 Å². The number of hydrogen-bond acceptors (Lipinski definition) is 6. The molecule has 1 amide bonds. The van der Waals surface area contributed by atoms with Gasteiger partial charge in [-0.1, -0.05) is 29.8 Å². The van der Waals surface area contributed by atoms with Crippen molar-refractivity contribution in [2.75, 3.05) is 19.3 Å². The molecule has 164 valence electrons. The lowest BCUT2D eigenvalue weighted by atomic mass is 10.0.